The van der Waals surface area contributed by atoms with Gasteiger partial charge >= 0.3 is 12.1 Å². The maximum absolute atomic E-state index is 13.5. The molecule has 9 nitrogen and oxygen atoms in total. The summed E-state index contributed by atoms with van der Waals surface area (Å²) in [4.78, 5) is 29.0. The Balaban J connectivity index is 1.61. The number of nitrogens with one attached hydrogen (secondary N) is 1. The molecule has 13 heteroatoms. The van der Waals surface area contributed by atoms with Crippen LogP contribution in [0.4, 0.5) is 30.5 Å². The van der Waals surface area contributed by atoms with E-state index in [0.29, 0.717) is 41.4 Å². The molecule has 0 bridgehead atoms. The predicted molar refractivity (Wildman–Crippen MR) is 160 cm³/mol. The fraction of sp³-hybridized carbons (Fsp3) is 0.290. The molecule has 4 aromatic rings. The Bertz CT molecular complexity index is 1620. The van der Waals surface area contributed by atoms with Crippen molar-refractivity contribution >= 4 is 34.9 Å². The van der Waals surface area contributed by atoms with Crippen molar-refractivity contribution in [3.63, 3.8) is 0 Å². The fourth-order valence-electron chi connectivity index (χ4n) is 5.00. The first-order valence-corrected chi connectivity index (χ1v) is 14.3. The van der Waals surface area contributed by atoms with E-state index in [1.54, 1.807) is 43.5 Å². The highest BCUT2D eigenvalue weighted by atomic mass is 35.5. The van der Waals surface area contributed by atoms with Crippen LogP contribution < -0.4 is 15.1 Å². The van der Waals surface area contributed by atoms with Crippen LogP contribution in [-0.2, 0) is 28.8 Å². The number of anilines is 3. The van der Waals surface area contributed by atoms with Crippen LogP contribution in [0.2, 0.25) is 5.02 Å². The van der Waals surface area contributed by atoms with Crippen LogP contribution in [0, 0.1) is 0 Å². The number of pyridine rings is 1. The molecule has 0 radical (unpaired) electrons. The van der Waals surface area contributed by atoms with Crippen LogP contribution in [0.5, 0.6) is 5.75 Å². The number of nitrogens with zero attached hydrogens (tertiary/aromatic N) is 5. The molecule has 1 N–H and O–H groups in total. The molecule has 1 atom stereocenters. The van der Waals surface area contributed by atoms with Crippen LogP contribution in [-0.4, -0.2) is 46.2 Å². The van der Waals surface area contributed by atoms with Crippen LogP contribution >= 0.6 is 11.6 Å². The average molecular weight is 627 g/mol. The lowest BCUT2D eigenvalue weighted by Gasteiger charge is -2.25. The molecular weight excluding hydrogens is 597 g/mol. The largest absolute Gasteiger partial charge is 0.497 e. The van der Waals surface area contributed by atoms with Gasteiger partial charge in [-0.05, 0) is 61.4 Å². The highest BCUT2D eigenvalue weighted by Gasteiger charge is 2.36. The van der Waals surface area contributed by atoms with E-state index < -0.39 is 23.6 Å². The molecule has 1 aliphatic rings. The molecule has 1 unspecified atom stereocenters. The Morgan fingerprint density at radius 3 is 2.52 bits per heavy atom. The minimum Gasteiger partial charge on any atom is -0.497 e. The van der Waals surface area contributed by atoms with Gasteiger partial charge in [-0.25, -0.2) is 15.0 Å². The van der Waals surface area contributed by atoms with Crippen LogP contribution in [0.15, 0.2) is 67.0 Å². The Morgan fingerprint density at radius 2 is 1.91 bits per heavy atom. The monoisotopic (exact) mass is 626 g/mol. The van der Waals surface area contributed by atoms with E-state index in [4.69, 9.17) is 31.0 Å². The number of rotatable bonds is 10. The van der Waals surface area contributed by atoms with Crippen molar-refractivity contribution in [1.29, 1.82) is 0 Å². The van der Waals surface area contributed by atoms with Crippen LogP contribution in [0.25, 0.3) is 0 Å². The topological polar surface area (TPSA) is 92.7 Å². The molecule has 3 heterocycles. The SMILES string of the molecule is CCOC(=O)C(c1cccnc1)c1nc(N(CC)c2ccc(C(F)(F)F)cc2Cl)nc2c1NN(Cc1ccc(OC)cc1)C2. The number of ether oxygens (including phenoxy) is 2. The molecule has 2 aromatic heterocycles. The number of alkyl halides is 3. The first-order valence-electron chi connectivity index (χ1n) is 13.9. The molecule has 2 aromatic carbocycles. The minimum absolute atomic E-state index is 0.110. The first kappa shape index (κ1) is 31.0. The van der Waals surface area contributed by atoms with E-state index in [2.05, 4.69) is 10.4 Å². The fourth-order valence-corrected chi connectivity index (χ4v) is 5.29. The summed E-state index contributed by atoms with van der Waals surface area (Å²) < 4.78 is 50.8. The summed E-state index contributed by atoms with van der Waals surface area (Å²) in [6.07, 6.45) is -1.38. The average Bonchev–Trinajstić information content (AvgIpc) is 3.41. The molecule has 0 spiro atoms. The molecule has 0 fully saturated rings. The summed E-state index contributed by atoms with van der Waals surface area (Å²) in [7, 11) is 1.60. The highest BCUT2D eigenvalue weighted by molar-refractivity contribution is 6.33. The Hall–Kier alpha value is -4.42. The summed E-state index contributed by atoms with van der Waals surface area (Å²) in [5.74, 6) is -0.582. The number of esters is 1. The summed E-state index contributed by atoms with van der Waals surface area (Å²) in [5, 5.41) is 1.82. The zero-order valence-corrected chi connectivity index (χ0v) is 25.0. The van der Waals surface area contributed by atoms with E-state index >= 15 is 0 Å². The lowest BCUT2D eigenvalue weighted by atomic mass is 9.95. The van der Waals surface area contributed by atoms with Crippen molar-refractivity contribution < 1.29 is 27.4 Å². The van der Waals surface area contributed by atoms with E-state index in [1.807, 2.05) is 36.2 Å². The lowest BCUT2D eigenvalue weighted by Crippen LogP contribution is -2.25. The van der Waals surface area contributed by atoms with E-state index in [0.717, 1.165) is 23.4 Å². The van der Waals surface area contributed by atoms with Crippen molar-refractivity contribution in [2.45, 2.75) is 39.0 Å². The van der Waals surface area contributed by atoms with Crippen molar-refractivity contribution in [3.05, 3.63) is 100 Å². The summed E-state index contributed by atoms with van der Waals surface area (Å²) in [6.45, 7) is 4.80. The number of carbonyl (C=O) groups is 1. The Labute approximate surface area is 257 Å². The second-order valence-corrected chi connectivity index (χ2v) is 10.3. The number of carbonyl (C=O) groups excluding carboxylic acids is 1. The van der Waals surface area contributed by atoms with E-state index in [9.17, 15) is 18.0 Å². The number of benzene rings is 2. The lowest BCUT2D eigenvalue weighted by molar-refractivity contribution is -0.144. The third kappa shape index (κ3) is 6.56. The van der Waals surface area contributed by atoms with Crippen LogP contribution in [0.1, 0.15) is 47.8 Å². The molecule has 230 valence electrons. The number of halogens is 4. The summed E-state index contributed by atoms with van der Waals surface area (Å²) >= 11 is 6.39. The van der Waals surface area contributed by atoms with Crippen molar-refractivity contribution in [3.8, 4) is 5.75 Å². The molecule has 0 saturated carbocycles. The first-order chi connectivity index (χ1) is 21.1. The summed E-state index contributed by atoms with van der Waals surface area (Å²) in [6, 6.07) is 14.3. The van der Waals surface area contributed by atoms with Gasteiger partial charge in [0.05, 0.1) is 53.6 Å². The van der Waals surface area contributed by atoms with E-state index in [-0.39, 0.29) is 24.1 Å². The van der Waals surface area contributed by atoms with Gasteiger partial charge in [0, 0.05) is 25.5 Å². The molecule has 1 aliphatic heterocycles. The predicted octanol–water partition coefficient (Wildman–Crippen LogP) is 6.75. The zero-order chi connectivity index (χ0) is 31.4. The van der Waals surface area contributed by atoms with Gasteiger partial charge in [0.2, 0.25) is 5.95 Å². The molecular formula is C31H30ClF3N6O3. The molecule has 0 saturated heterocycles. The minimum atomic E-state index is -4.55. The quantitative estimate of drug-likeness (QED) is 0.192. The van der Waals surface area contributed by atoms with Gasteiger partial charge in [-0.15, -0.1) is 0 Å². The molecule has 44 heavy (non-hydrogen) atoms. The third-order valence-electron chi connectivity index (χ3n) is 7.08. The number of fused-ring (bicyclic) bond motifs is 1. The van der Waals surface area contributed by atoms with Gasteiger partial charge in [-0.3, -0.25) is 9.78 Å². The number of hydrazine groups is 1. The van der Waals surface area contributed by atoms with Gasteiger partial charge in [-0.2, -0.15) is 13.2 Å². The second kappa shape index (κ2) is 13.1. The van der Waals surface area contributed by atoms with E-state index in [1.165, 1.54) is 6.07 Å². The second-order valence-electron chi connectivity index (χ2n) is 9.93. The number of hydrogen-bond acceptors (Lipinski definition) is 9. The maximum atomic E-state index is 13.5. The number of methoxy groups -OCH3 is 1. The van der Waals surface area contributed by atoms with Crippen molar-refractivity contribution in [2.75, 3.05) is 30.6 Å². The Morgan fingerprint density at radius 1 is 1.14 bits per heavy atom. The molecule has 0 aliphatic carbocycles. The van der Waals surface area contributed by atoms with Crippen molar-refractivity contribution in [2.24, 2.45) is 0 Å². The van der Waals surface area contributed by atoms with Crippen LogP contribution in [0.3, 0.4) is 0 Å². The maximum Gasteiger partial charge on any atom is 0.416 e. The van der Waals surface area contributed by atoms with Gasteiger partial charge in [0.25, 0.3) is 0 Å². The standard InChI is InChI=1S/C31H30ClF3N6O3/c1-4-41(25-13-10-21(15-23(25)32)31(33,34)35)30-37-24-18-40(17-19-8-11-22(43-3)12-9-19)39-27(24)28(38-30)26(29(42)44-5-2)20-7-6-14-36-16-20/h6-16,26,39H,4-5,17-18H2,1-3H3. The highest BCUT2D eigenvalue weighted by Crippen LogP contribution is 2.40. The van der Waals surface area contributed by atoms with Gasteiger partial charge in [0.15, 0.2) is 0 Å². The van der Waals surface area contributed by atoms with Gasteiger partial charge < -0.3 is 19.8 Å². The molecule has 5 rings (SSSR count). The number of aromatic nitrogens is 3. The summed E-state index contributed by atoms with van der Waals surface area (Å²) in [5.41, 5.74) is 5.83. The molecule has 0 amide bonds. The van der Waals surface area contributed by atoms with Crippen molar-refractivity contribution in [1.82, 2.24) is 20.0 Å². The Kier molecular flexibility index (Phi) is 9.21. The zero-order valence-electron chi connectivity index (χ0n) is 24.2. The number of hydrogen-bond donors (Lipinski definition) is 1. The smallest absolute Gasteiger partial charge is 0.416 e. The normalized spacial score (nSPS) is 13.6. The van der Waals surface area contributed by atoms with Gasteiger partial charge in [0.1, 0.15) is 11.7 Å². The van der Waals surface area contributed by atoms with Gasteiger partial charge in [-0.1, -0.05) is 29.8 Å². The third-order valence-corrected chi connectivity index (χ3v) is 7.38.